The number of anilines is 2. The Bertz CT molecular complexity index is 1220. The minimum atomic E-state index is -4.77. The number of benzene rings is 1. The fourth-order valence-electron chi connectivity index (χ4n) is 4.61. The van der Waals surface area contributed by atoms with Gasteiger partial charge < -0.3 is 43.7 Å². The van der Waals surface area contributed by atoms with Gasteiger partial charge >= 0.3 is 0 Å². The zero-order valence-electron chi connectivity index (χ0n) is 25.6. The third-order valence-electron chi connectivity index (χ3n) is 6.89. The van der Waals surface area contributed by atoms with Gasteiger partial charge in [0.1, 0.15) is 16.9 Å². The Kier molecular flexibility index (Phi) is 19.3. The molecule has 1 atom stereocenters. The van der Waals surface area contributed by atoms with Crippen molar-refractivity contribution in [1.82, 2.24) is 5.32 Å². The predicted molar refractivity (Wildman–Crippen MR) is 162 cm³/mol. The molecule has 18 heteroatoms. The quantitative estimate of drug-likeness (QED) is 0.0660. The summed E-state index contributed by atoms with van der Waals surface area (Å²) >= 11 is -3.22. The smallest absolute Gasteiger partial charge is 0.221 e. The second-order valence-electron chi connectivity index (χ2n) is 10.4. The average Bonchev–Trinajstić information content (AvgIpc) is 3.00. The van der Waals surface area contributed by atoms with E-state index in [0.29, 0.717) is 52.3 Å². The van der Waals surface area contributed by atoms with Crippen LogP contribution < -0.4 is 15.4 Å². The van der Waals surface area contributed by atoms with Crippen molar-refractivity contribution < 1.29 is 58.9 Å². The standard InChI is InChI=1S/C28H44F3N3O10S2/c29-23-24(30)28(27(25(31)26(23)34-45(37)38)33-21-7-4-2-1-3-5-8-21)46(39,40)20-9-22(36)32-10-13-42-15-17-44-19-18-43-16-14-41-12-6-11-35/h11,21,33-34H,1-10,12-20H2,(H,32,36)(H,37,38)/p-1. The zero-order valence-corrected chi connectivity index (χ0v) is 27.3. The first kappa shape index (κ1) is 39.8. The summed E-state index contributed by atoms with van der Waals surface area (Å²) in [6.07, 6.45) is 5.80. The van der Waals surface area contributed by atoms with Crippen LogP contribution in [0.4, 0.5) is 24.5 Å². The van der Waals surface area contributed by atoms with E-state index in [0.717, 1.165) is 38.4 Å². The van der Waals surface area contributed by atoms with E-state index in [1.165, 1.54) is 4.72 Å². The van der Waals surface area contributed by atoms with Crippen LogP contribution in [0, 0.1) is 17.5 Å². The number of ether oxygens (including phenoxy) is 4. The van der Waals surface area contributed by atoms with E-state index in [9.17, 15) is 31.2 Å². The molecule has 1 aliphatic rings. The Morgan fingerprint density at radius 1 is 0.826 bits per heavy atom. The van der Waals surface area contributed by atoms with Gasteiger partial charge in [0.15, 0.2) is 27.3 Å². The molecule has 1 aromatic rings. The van der Waals surface area contributed by atoms with Crippen molar-refractivity contribution in [2.75, 3.05) is 75.2 Å². The van der Waals surface area contributed by atoms with Crippen LogP contribution in [-0.2, 0) is 49.6 Å². The number of nitrogens with one attached hydrogen (secondary N) is 3. The van der Waals surface area contributed by atoms with Crippen LogP contribution >= 0.6 is 0 Å². The number of aldehydes is 1. The van der Waals surface area contributed by atoms with E-state index in [-0.39, 0.29) is 26.4 Å². The number of carbonyl (C=O) groups excluding carboxylic acids is 2. The first-order valence-corrected chi connectivity index (χ1v) is 17.9. The van der Waals surface area contributed by atoms with E-state index in [4.69, 9.17) is 18.9 Å². The Labute approximate surface area is 270 Å². The molecule has 0 bridgehead atoms. The second-order valence-corrected chi connectivity index (χ2v) is 13.1. The van der Waals surface area contributed by atoms with Crippen LogP contribution in [0.15, 0.2) is 4.90 Å². The summed E-state index contributed by atoms with van der Waals surface area (Å²) in [6.45, 7) is 2.38. The molecule has 0 aromatic heterocycles. The Balaban J connectivity index is 1.85. The molecule has 264 valence electrons. The molecule has 0 aliphatic heterocycles. The number of amides is 1. The van der Waals surface area contributed by atoms with Gasteiger partial charge in [-0.05, 0) is 12.8 Å². The molecule has 1 fully saturated rings. The maximum absolute atomic E-state index is 15.4. The van der Waals surface area contributed by atoms with Crippen molar-refractivity contribution in [1.29, 1.82) is 0 Å². The first-order valence-electron chi connectivity index (χ1n) is 15.2. The lowest BCUT2D eigenvalue weighted by Gasteiger charge is -2.25. The largest absolute Gasteiger partial charge is 0.755 e. The van der Waals surface area contributed by atoms with Gasteiger partial charge in [-0.15, -0.1) is 0 Å². The van der Waals surface area contributed by atoms with Crippen LogP contribution in [-0.4, -0.2) is 101 Å². The number of hydrogen-bond donors (Lipinski definition) is 3. The Morgan fingerprint density at radius 2 is 1.37 bits per heavy atom. The third-order valence-corrected chi connectivity index (χ3v) is 9.01. The summed E-state index contributed by atoms with van der Waals surface area (Å²) in [5, 5.41) is 5.15. The number of rotatable bonds is 23. The summed E-state index contributed by atoms with van der Waals surface area (Å²) < 4.78 is 117. The topological polar surface area (TPSA) is 181 Å². The summed E-state index contributed by atoms with van der Waals surface area (Å²) in [5.74, 6) is -7.25. The normalized spacial score (nSPS) is 15.1. The molecule has 0 heterocycles. The third kappa shape index (κ3) is 14.6. The SMILES string of the molecule is O=CCCOCCOCCOCCOCCNC(=O)CCS(=O)(=O)c1c(F)c(F)c(NS(=O)[O-])c(F)c1NC1CCCCCCC1. The molecule has 1 saturated carbocycles. The summed E-state index contributed by atoms with van der Waals surface area (Å²) in [5.41, 5.74) is -2.22. The van der Waals surface area contributed by atoms with Gasteiger partial charge in [0.2, 0.25) is 5.91 Å². The van der Waals surface area contributed by atoms with Gasteiger partial charge in [0.25, 0.3) is 0 Å². The highest BCUT2D eigenvalue weighted by molar-refractivity contribution is 7.91. The average molecular weight is 703 g/mol. The maximum Gasteiger partial charge on any atom is 0.221 e. The second kappa shape index (κ2) is 22.3. The van der Waals surface area contributed by atoms with Gasteiger partial charge in [-0.2, -0.15) is 0 Å². The summed E-state index contributed by atoms with van der Waals surface area (Å²) in [6, 6.07) is -0.466. The molecular formula is C28H43F3N3O10S2-. The molecule has 3 N–H and O–H groups in total. The van der Waals surface area contributed by atoms with E-state index in [1.54, 1.807) is 0 Å². The maximum atomic E-state index is 15.4. The molecule has 1 amide bonds. The van der Waals surface area contributed by atoms with Crippen molar-refractivity contribution in [2.45, 2.75) is 68.7 Å². The molecule has 0 radical (unpaired) electrons. The molecular weight excluding hydrogens is 659 g/mol. The summed E-state index contributed by atoms with van der Waals surface area (Å²) in [7, 11) is -4.77. The first-order chi connectivity index (χ1) is 22.1. The van der Waals surface area contributed by atoms with Gasteiger partial charge in [-0.1, -0.05) is 32.1 Å². The van der Waals surface area contributed by atoms with Crippen LogP contribution in [0.25, 0.3) is 0 Å². The number of carbonyl (C=O) groups is 2. The van der Waals surface area contributed by atoms with E-state index in [1.807, 2.05) is 0 Å². The zero-order chi connectivity index (χ0) is 33.8. The lowest BCUT2D eigenvalue weighted by Crippen LogP contribution is -2.30. The number of sulfone groups is 1. The predicted octanol–water partition coefficient (Wildman–Crippen LogP) is 2.77. The fourth-order valence-corrected chi connectivity index (χ4v) is 6.44. The molecule has 2 rings (SSSR count). The van der Waals surface area contributed by atoms with Gasteiger partial charge in [-0.3, -0.25) is 9.00 Å². The van der Waals surface area contributed by atoms with Crippen LogP contribution in [0.2, 0.25) is 0 Å². The van der Waals surface area contributed by atoms with Crippen molar-refractivity contribution in [2.24, 2.45) is 0 Å². The highest BCUT2D eigenvalue weighted by Gasteiger charge is 2.34. The molecule has 1 aromatic carbocycles. The highest BCUT2D eigenvalue weighted by Crippen LogP contribution is 2.38. The van der Waals surface area contributed by atoms with Gasteiger partial charge in [-0.25, -0.2) is 21.6 Å². The van der Waals surface area contributed by atoms with Gasteiger partial charge in [0, 0.05) is 36.7 Å². The molecule has 46 heavy (non-hydrogen) atoms. The van der Waals surface area contributed by atoms with E-state index < -0.39 is 78.9 Å². The Hall–Kier alpha value is -2.35. The highest BCUT2D eigenvalue weighted by atomic mass is 32.2. The molecule has 0 spiro atoms. The number of hydrogen-bond acceptors (Lipinski definition) is 11. The molecule has 1 aliphatic carbocycles. The lowest BCUT2D eigenvalue weighted by atomic mass is 9.96. The van der Waals surface area contributed by atoms with Crippen molar-refractivity contribution in [3.63, 3.8) is 0 Å². The van der Waals surface area contributed by atoms with E-state index in [2.05, 4.69) is 10.6 Å². The fraction of sp³-hybridized carbons (Fsp3) is 0.714. The monoisotopic (exact) mass is 702 g/mol. The molecule has 13 nitrogen and oxygen atoms in total. The summed E-state index contributed by atoms with van der Waals surface area (Å²) in [4.78, 5) is 21.2. The molecule has 0 saturated heterocycles. The minimum Gasteiger partial charge on any atom is -0.755 e. The van der Waals surface area contributed by atoms with E-state index >= 15 is 8.78 Å². The lowest BCUT2D eigenvalue weighted by molar-refractivity contribution is -0.121. The van der Waals surface area contributed by atoms with Crippen molar-refractivity contribution in [3.05, 3.63) is 17.5 Å². The van der Waals surface area contributed by atoms with Crippen LogP contribution in [0.1, 0.15) is 57.8 Å². The van der Waals surface area contributed by atoms with Crippen LogP contribution in [0.3, 0.4) is 0 Å². The molecule has 1 unspecified atom stereocenters. The Morgan fingerprint density at radius 3 is 1.93 bits per heavy atom. The van der Waals surface area contributed by atoms with Crippen LogP contribution in [0.5, 0.6) is 0 Å². The van der Waals surface area contributed by atoms with Crippen molar-refractivity contribution in [3.8, 4) is 0 Å². The minimum absolute atomic E-state index is 0.0326. The van der Waals surface area contributed by atoms with Crippen molar-refractivity contribution >= 4 is 44.7 Å². The van der Waals surface area contributed by atoms with Gasteiger partial charge in [0.05, 0.1) is 64.3 Å². The number of halogens is 3.